The molecule has 9 heteroatoms. The van der Waals surface area contributed by atoms with Gasteiger partial charge in [-0.2, -0.15) is 0 Å². The van der Waals surface area contributed by atoms with Crippen molar-refractivity contribution in [1.82, 2.24) is 24.3 Å². The van der Waals surface area contributed by atoms with Crippen LogP contribution in [0.1, 0.15) is 60.4 Å². The lowest BCUT2D eigenvalue weighted by Gasteiger charge is -2.34. The van der Waals surface area contributed by atoms with E-state index in [0.717, 1.165) is 49.1 Å². The van der Waals surface area contributed by atoms with E-state index >= 15 is 0 Å². The number of aryl methyl sites for hydroxylation is 1. The zero-order chi connectivity index (χ0) is 26.6. The van der Waals surface area contributed by atoms with Gasteiger partial charge in [0, 0.05) is 36.3 Å². The normalized spacial score (nSPS) is 15.4. The van der Waals surface area contributed by atoms with Crippen LogP contribution in [-0.4, -0.2) is 42.6 Å². The summed E-state index contributed by atoms with van der Waals surface area (Å²) in [4.78, 5) is 40.9. The molecule has 0 radical (unpaired) electrons. The van der Waals surface area contributed by atoms with Gasteiger partial charge in [0.25, 0.3) is 5.91 Å². The Bertz CT molecular complexity index is 1490. The molecule has 0 spiro atoms. The summed E-state index contributed by atoms with van der Waals surface area (Å²) in [5.74, 6) is 1.26. The molecule has 2 amide bonds. The average molecular weight is 510 g/mol. The van der Waals surface area contributed by atoms with Gasteiger partial charge in [-0.05, 0) is 61.6 Å². The number of anilines is 2. The van der Waals surface area contributed by atoms with Crippen molar-refractivity contribution in [2.75, 3.05) is 17.6 Å². The molecule has 5 rings (SSSR count). The number of nitrogens with zero attached hydrogens (tertiary/aromatic N) is 5. The number of fused-ring (bicyclic) bond motifs is 1. The van der Waals surface area contributed by atoms with Gasteiger partial charge in [0.05, 0.1) is 6.04 Å². The number of benzene rings is 1. The molecule has 3 aromatic heterocycles. The number of imidazole rings is 1. The van der Waals surface area contributed by atoms with Gasteiger partial charge in [-0.15, -0.1) is 0 Å². The molecule has 4 aromatic rings. The molecule has 0 saturated carbocycles. The minimum atomic E-state index is -0.241. The Hall–Kier alpha value is -4.53. The first-order valence-electron chi connectivity index (χ1n) is 12.9. The monoisotopic (exact) mass is 509 g/mol. The quantitative estimate of drug-likeness (QED) is 0.345. The van der Waals surface area contributed by atoms with Crippen LogP contribution in [0.25, 0.3) is 16.8 Å². The Balaban J connectivity index is 1.46. The second kappa shape index (κ2) is 10.8. The number of aromatic nitrogens is 4. The van der Waals surface area contributed by atoms with Gasteiger partial charge in [0.1, 0.15) is 28.7 Å². The maximum Gasteiger partial charge on any atom is 0.256 e. The molecule has 1 fully saturated rings. The Labute approximate surface area is 221 Å². The Morgan fingerprint density at radius 2 is 1.97 bits per heavy atom. The Morgan fingerprint density at radius 3 is 2.74 bits per heavy atom. The van der Waals surface area contributed by atoms with Crippen LogP contribution in [0.2, 0.25) is 0 Å². The SMILES string of the molecule is C=CC(=O)N1CCCCC1c1nc(-c2ccc(C(=O)Nc3cc(CCC)ccn3)cc2)c2c(N)nccn12. The van der Waals surface area contributed by atoms with Crippen LogP contribution < -0.4 is 11.1 Å². The lowest BCUT2D eigenvalue weighted by atomic mass is 10.0. The number of pyridine rings is 1. The number of nitrogens with one attached hydrogen (secondary N) is 1. The highest BCUT2D eigenvalue weighted by Gasteiger charge is 2.31. The Morgan fingerprint density at radius 1 is 1.16 bits per heavy atom. The fraction of sp³-hybridized carbons (Fsp3) is 0.276. The van der Waals surface area contributed by atoms with Crippen molar-refractivity contribution < 1.29 is 9.59 Å². The molecule has 1 atom stereocenters. The van der Waals surface area contributed by atoms with E-state index in [2.05, 4.69) is 28.8 Å². The Kier molecular flexibility index (Phi) is 7.17. The molecule has 3 N–H and O–H groups in total. The van der Waals surface area contributed by atoms with Crippen LogP contribution in [0.4, 0.5) is 11.6 Å². The summed E-state index contributed by atoms with van der Waals surface area (Å²) < 4.78 is 1.92. The van der Waals surface area contributed by atoms with Crippen molar-refractivity contribution in [2.24, 2.45) is 0 Å². The van der Waals surface area contributed by atoms with Gasteiger partial charge >= 0.3 is 0 Å². The van der Waals surface area contributed by atoms with E-state index in [-0.39, 0.29) is 17.9 Å². The largest absolute Gasteiger partial charge is 0.382 e. The number of likely N-dealkylation sites (tertiary alicyclic amines) is 1. The summed E-state index contributed by atoms with van der Waals surface area (Å²) in [5, 5.41) is 2.88. The molecule has 9 nitrogen and oxygen atoms in total. The average Bonchev–Trinajstić information content (AvgIpc) is 3.34. The van der Waals surface area contributed by atoms with Crippen LogP contribution in [0.15, 0.2) is 67.6 Å². The van der Waals surface area contributed by atoms with Crippen LogP contribution in [0.5, 0.6) is 0 Å². The fourth-order valence-electron chi connectivity index (χ4n) is 5.06. The summed E-state index contributed by atoms with van der Waals surface area (Å²) in [5.41, 5.74) is 10.1. The van der Waals surface area contributed by atoms with Crippen molar-refractivity contribution in [1.29, 1.82) is 0 Å². The standard InChI is InChI=1S/C29H31N7O2/c1-3-7-19-13-14-31-23(18-19)33-29(38)21-11-9-20(10-12-21)25-26-27(30)32-15-17-36(26)28(34-25)22-8-5-6-16-35(22)24(37)4-2/h4,9-15,17-18,22H,2-3,5-8,16H2,1H3,(H2,30,32)(H,31,33,38). The number of nitrogen functional groups attached to an aromatic ring is 1. The predicted molar refractivity (Wildman–Crippen MR) is 148 cm³/mol. The minimum Gasteiger partial charge on any atom is -0.382 e. The van der Waals surface area contributed by atoms with E-state index in [1.807, 2.05) is 39.8 Å². The second-order valence-corrected chi connectivity index (χ2v) is 9.43. The molecule has 1 aliphatic rings. The second-order valence-electron chi connectivity index (χ2n) is 9.43. The number of piperidine rings is 1. The van der Waals surface area contributed by atoms with Crippen molar-refractivity contribution in [2.45, 2.75) is 45.1 Å². The van der Waals surface area contributed by atoms with Crippen molar-refractivity contribution >= 4 is 29.0 Å². The van der Waals surface area contributed by atoms with Gasteiger partial charge in [0.15, 0.2) is 0 Å². The van der Waals surface area contributed by atoms with E-state index in [0.29, 0.717) is 35.0 Å². The summed E-state index contributed by atoms with van der Waals surface area (Å²) >= 11 is 0. The van der Waals surface area contributed by atoms with Crippen LogP contribution in [0, 0.1) is 0 Å². The van der Waals surface area contributed by atoms with Crippen molar-refractivity contribution in [3.8, 4) is 11.3 Å². The number of hydrogen-bond donors (Lipinski definition) is 2. The van der Waals surface area contributed by atoms with E-state index < -0.39 is 0 Å². The molecule has 194 valence electrons. The van der Waals surface area contributed by atoms with Gasteiger partial charge in [-0.3, -0.25) is 14.0 Å². The zero-order valence-corrected chi connectivity index (χ0v) is 21.4. The highest BCUT2D eigenvalue weighted by molar-refractivity contribution is 6.04. The van der Waals surface area contributed by atoms with E-state index in [4.69, 9.17) is 10.7 Å². The maximum atomic E-state index is 12.9. The first-order chi connectivity index (χ1) is 18.5. The highest BCUT2D eigenvalue weighted by atomic mass is 16.2. The zero-order valence-electron chi connectivity index (χ0n) is 21.4. The molecule has 1 aromatic carbocycles. The lowest BCUT2D eigenvalue weighted by Crippen LogP contribution is -2.38. The predicted octanol–water partition coefficient (Wildman–Crippen LogP) is 4.82. The van der Waals surface area contributed by atoms with Gasteiger partial charge < -0.3 is 16.0 Å². The lowest BCUT2D eigenvalue weighted by molar-refractivity contribution is -0.129. The molecular weight excluding hydrogens is 478 g/mol. The van der Waals surface area contributed by atoms with Crippen molar-refractivity contribution in [3.05, 3.63) is 84.6 Å². The third-order valence-corrected chi connectivity index (χ3v) is 6.89. The minimum absolute atomic E-state index is 0.111. The molecule has 0 bridgehead atoms. The smallest absolute Gasteiger partial charge is 0.256 e. The van der Waals surface area contributed by atoms with Gasteiger partial charge in [-0.1, -0.05) is 32.1 Å². The first-order valence-corrected chi connectivity index (χ1v) is 12.9. The third kappa shape index (κ3) is 4.87. The molecule has 1 saturated heterocycles. The number of amides is 2. The summed E-state index contributed by atoms with van der Waals surface area (Å²) in [6.07, 6.45) is 11.2. The molecule has 1 aliphatic heterocycles. The van der Waals surface area contributed by atoms with E-state index in [1.165, 1.54) is 6.08 Å². The topological polar surface area (TPSA) is 119 Å². The summed E-state index contributed by atoms with van der Waals surface area (Å²) in [6.45, 7) is 6.44. The summed E-state index contributed by atoms with van der Waals surface area (Å²) in [7, 11) is 0. The van der Waals surface area contributed by atoms with E-state index in [9.17, 15) is 9.59 Å². The van der Waals surface area contributed by atoms with Crippen molar-refractivity contribution in [3.63, 3.8) is 0 Å². The molecule has 0 aliphatic carbocycles. The van der Waals surface area contributed by atoms with Crippen LogP contribution >= 0.6 is 0 Å². The first kappa shape index (κ1) is 25.1. The summed E-state index contributed by atoms with van der Waals surface area (Å²) in [6, 6.07) is 10.9. The number of carbonyl (C=O) groups is 2. The molecular formula is C29H31N7O2. The maximum absolute atomic E-state index is 12.9. The number of nitrogens with two attached hydrogens (primary N) is 1. The number of carbonyl (C=O) groups excluding carboxylic acids is 2. The van der Waals surface area contributed by atoms with Gasteiger partial charge in [-0.25, -0.2) is 15.0 Å². The number of rotatable bonds is 7. The molecule has 4 heterocycles. The van der Waals surface area contributed by atoms with E-state index in [1.54, 1.807) is 24.5 Å². The molecule has 38 heavy (non-hydrogen) atoms. The number of hydrogen-bond acceptors (Lipinski definition) is 6. The molecule has 1 unspecified atom stereocenters. The van der Waals surface area contributed by atoms with Crippen LogP contribution in [0.3, 0.4) is 0 Å². The fourth-order valence-corrected chi connectivity index (χ4v) is 5.06. The van der Waals surface area contributed by atoms with Crippen LogP contribution in [-0.2, 0) is 11.2 Å². The van der Waals surface area contributed by atoms with Gasteiger partial charge in [0.2, 0.25) is 5.91 Å². The highest BCUT2D eigenvalue weighted by Crippen LogP contribution is 2.36. The third-order valence-electron chi connectivity index (χ3n) is 6.89.